The maximum absolute atomic E-state index is 11.8. The van der Waals surface area contributed by atoms with Crippen LogP contribution in [0.2, 0.25) is 0 Å². The van der Waals surface area contributed by atoms with Crippen LogP contribution < -0.4 is 0 Å². The van der Waals surface area contributed by atoms with Gasteiger partial charge in [0.2, 0.25) is 5.91 Å². The van der Waals surface area contributed by atoms with Gasteiger partial charge in [-0.3, -0.25) is 4.79 Å². The van der Waals surface area contributed by atoms with Gasteiger partial charge in [-0.1, -0.05) is 36.4 Å². The summed E-state index contributed by atoms with van der Waals surface area (Å²) < 4.78 is 0. The lowest BCUT2D eigenvalue weighted by molar-refractivity contribution is -0.129. The molecule has 2 aromatic rings. The van der Waals surface area contributed by atoms with E-state index in [1.54, 1.807) is 6.92 Å². The van der Waals surface area contributed by atoms with Gasteiger partial charge in [-0.05, 0) is 28.8 Å². The highest BCUT2D eigenvalue weighted by Gasteiger charge is 2.27. The molecule has 3 heteroatoms. The van der Waals surface area contributed by atoms with Crippen LogP contribution in [0.5, 0.6) is 0 Å². The largest absolute Gasteiger partial charge is 0.338 e. The third-order valence-electron chi connectivity index (χ3n) is 4.06. The lowest BCUT2D eigenvalue weighted by Crippen LogP contribution is -2.37. The smallest absolute Gasteiger partial charge is 0.219 e. The average molecular weight is 276 g/mol. The van der Waals surface area contributed by atoms with Gasteiger partial charge in [-0.2, -0.15) is 5.26 Å². The van der Waals surface area contributed by atoms with Crippen LogP contribution in [0.25, 0.3) is 0 Å². The maximum atomic E-state index is 11.8. The molecule has 3 nitrogen and oxygen atoms in total. The second-order valence-electron chi connectivity index (χ2n) is 5.39. The number of carbonyl (C=O) groups is 1. The Balaban J connectivity index is 2.09. The van der Waals surface area contributed by atoms with Gasteiger partial charge in [-0.25, -0.2) is 0 Å². The van der Waals surface area contributed by atoms with Crippen molar-refractivity contribution in [3.05, 3.63) is 70.8 Å². The summed E-state index contributed by atoms with van der Waals surface area (Å²) in [6.07, 6.45) is 0. The highest BCUT2D eigenvalue weighted by atomic mass is 16.2. The molecule has 2 aromatic carbocycles. The predicted molar refractivity (Wildman–Crippen MR) is 80.5 cm³/mol. The van der Waals surface area contributed by atoms with Crippen LogP contribution in [-0.4, -0.2) is 17.4 Å². The molecule has 0 saturated carbocycles. The SMILES string of the molecule is CC(=O)N1Cc2cc(C#N)ccc2[C@H](c2ccccc2)C1. The lowest BCUT2D eigenvalue weighted by atomic mass is 9.84. The Morgan fingerprint density at radius 3 is 2.67 bits per heavy atom. The van der Waals surface area contributed by atoms with Crippen molar-refractivity contribution < 1.29 is 4.79 Å². The first-order valence-electron chi connectivity index (χ1n) is 7.02. The topological polar surface area (TPSA) is 44.1 Å². The van der Waals surface area contributed by atoms with Crippen LogP contribution >= 0.6 is 0 Å². The van der Waals surface area contributed by atoms with Crippen molar-refractivity contribution in [2.45, 2.75) is 19.4 Å². The molecule has 0 radical (unpaired) electrons. The van der Waals surface area contributed by atoms with E-state index in [1.807, 2.05) is 41.3 Å². The summed E-state index contributed by atoms with van der Waals surface area (Å²) >= 11 is 0. The Kier molecular flexibility index (Phi) is 3.45. The van der Waals surface area contributed by atoms with Crippen molar-refractivity contribution in [1.82, 2.24) is 4.90 Å². The number of carbonyl (C=O) groups excluding carboxylic acids is 1. The van der Waals surface area contributed by atoms with Gasteiger partial charge in [0, 0.05) is 25.9 Å². The first kappa shape index (κ1) is 13.4. The molecule has 0 bridgehead atoms. The normalized spacial score (nSPS) is 17.0. The number of nitrogens with zero attached hydrogens (tertiary/aromatic N) is 2. The fourth-order valence-corrected chi connectivity index (χ4v) is 2.95. The van der Waals surface area contributed by atoms with E-state index in [0.717, 1.165) is 5.56 Å². The Labute approximate surface area is 124 Å². The van der Waals surface area contributed by atoms with Crippen LogP contribution in [0.3, 0.4) is 0 Å². The fourth-order valence-electron chi connectivity index (χ4n) is 2.95. The van der Waals surface area contributed by atoms with E-state index >= 15 is 0 Å². The van der Waals surface area contributed by atoms with Crippen molar-refractivity contribution in [3.63, 3.8) is 0 Å². The molecule has 0 spiro atoms. The summed E-state index contributed by atoms with van der Waals surface area (Å²) in [5, 5.41) is 9.07. The third kappa shape index (κ3) is 2.53. The third-order valence-corrected chi connectivity index (χ3v) is 4.06. The number of rotatable bonds is 1. The van der Waals surface area contributed by atoms with E-state index < -0.39 is 0 Å². The molecule has 1 aliphatic rings. The van der Waals surface area contributed by atoms with Gasteiger partial charge in [-0.15, -0.1) is 0 Å². The minimum absolute atomic E-state index is 0.0731. The summed E-state index contributed by atoms with van der Waals surface area (Å²) in [7, 11) is 0. The molecule has 1 heterocycles. The van der Waals surface area contributed by atoms with Gasteiger partial charge < -0.3 is 4.90 Å². The molecule has 1 amide bonds. The Hall–Kier alpha value is -2.60. The molecular weight excluding hydrogens is 260 g/mol. The van der Waals surface area contributed by atoms with Crippen molar-refractivity contribution in [2.75, 3.05) is 6.54 Å². The molecule has 0 N–H and O–H groups in total. The zero-order valence-electron chi connectivity index (χ0n) is 11.9. The highest BCUT2D eigenvalue weighted by molar-refractivity contribution is 5.74. The van der Waals surface area contributed by atoms with Crippen LogP contribution in [0.1, 0.15) is 35.1 Å². The first-order chi connectivity index (χ1) is 10.2. The highest BCUT2D eigenvalue weighted by Crippen LogP contribution is 2.33. The number of hydrogen-bond acceptors (Lipinski definition) is 2. The minimum Gasteiger partial charge on any atom is -0.338 e. The number of amides is 1. The summed E-state index contributed by atoms with van der Waals surface area (Å²) in [6, 6.07) is 18.2. The summed E-state index contributed by atoms with van der Waals surface area (Å²) in [6.45, 7) is 2.88. The zero-order valence-corrected chi connectivity index (χ0v) is 11.9. The van der Waals surface area contributed by atoms with Crippen molar-refractivity contribution >= 4 is 5.91 Å². The average Bonchev–Trinajstić information content (AvgIpc) is 2.53. The molecule has 104 valence electrons. The van der Waals surface area contributed by atoms with E-state index in [-0.39, 0.29) is 11.8 Å². The van der Waals surface area contributed by atoms with E-state index in [1.165, 1.54) is 11.1 Å². The molecule has 0 saturated heterocycles. The Bertz CT molecular complexity index is 716. The van der Waals surface area contributed by atoms with Gasteiger partial charge in [0.05, 0.1) is 11.6 Å². The van der Waals surface area contributed by atoms with Crippen molar-refractivity contribution in [2.24, 2.45) is 0 Å². The minimum atomic E-state index is 0.0731. The monoisotopic (exact) mass is 276 g/mol. The lowest BCUT2D eigenvalue weighted by Gasteiger charge is -2.34. The van der Waals surface area contributed by atoms with Crippen molar-refractivity contribution in [3.8, 4) is 6.07 Å². The summed E-state index contributed by atoms with van der Waals surface area (Å²) in [5.74, 6) is 0.246. The molecule has 21 heavy (non-hydrogen) atoms. The van der Waals surface area contributed by atoms with Crippen LogP contribution in [0.15, 0.2) is 48.5 Å². The molecule has 0 aromatic heterocycles. The van der Waals surface area contributed by atoms with Gasteiger partial charge in [0.1, 0.15) is 0 Å². The number of benzene rings is 2. The van der Waals surface area contributed by atoms with E-state index in [2.05, 4.69) is 18.2 Å². The molecule has 0 fully saturated rings. The first-order valence-corrected chi connectivity index (χ1v) is 7.02. The van der Waals surface area contributed by atoms with Gasteiger partial charge in [0.25, 0.3) is 0 Å². The quantitative estimate of drug-likeness (QED) is 0.803. The molecule has 0 unspecified atom stereocenters. The molecule has 3 rings (SSSR count). The molecule has 1 atom stereocenters. The Morgan fingerprint density at radius 2 is 2.00 bits per heavy atom. The van der Waals surface area contributed by atoms with E-state index in [9.17, 15) is 4.79 Å². The molecule has 1 aliphatic heterocycles. The number of fused-ring (bicyclic) bond motifs is 1. The second kappa shape index (κ2) is 5.41. The molecular formula is C18H16N2O. The van der Waals surface area contributed by atoms with Gasteiger partial charge in [0.15, 0.2) is 0 Å². The van der Waals surface area contributed by atoms with E-state index in [0.29, 0.717) is 18.7 Å². The van der Waals surface area contributed by atoms with E-state index in [4.69, 9.17) is 5.26 Å². The second-order valence-corrected chi connectivity index (χ2v) is 5.39. The standard InChI is InChI=1S/C18H16N2O/c1-13(21)20-11-16-9-14(10-19)7-8-17(16)18(12-20)15-5-3-2-4-6-15/h2-9,18H,11-12H2,1H3/t18-/m0/s1. The van der Waals surface area contributed by atoms with Crippen LogP contribution in [-0.2, 0) is 11.3 Å². The molecule has 0 aliphatic carbocycles. The van der Waals surface area contributed by atoms with Gasteiger partial charge >= 0.3 is 0 Å². The fraction of sp³-hybridized carbons (Fsp3) is 0.222. The zero-order chi connectivity index (χ0) is 14.8. The van der Waals surface area contributed by atoms with Crippen LogP contribution in [0, 0.1) is 11.3 Å². The Morgan fingerprint density at radius 1 is 1.24 bits per heavy atom. The number of hydrogen-bond donors (Lipinski definition) is 0. The number of nitriles is 1. The maximum Gasteiger partial charge on any atom is 0.219 e. The van der Waals surface area contributed by atoms with Crippen molar-refractivity contribution in [1.29, 1.82) is 5.26 Å². The summed E-state index contributed by atoms with van der Waals surface area (Å²) in [4.78, 5) is 13.6. The summed E-state index contributed by atoms with van der Waals surface area (Å²) in [5.41, 5.74) is 4.14. The predicted octanol–water partition coefficient (Wildman–Crippen LogP) is 3.05. The van der Waals surface area contributed by atoms with Crippen LogP contribution in [0.4, 0.5) is 0 Å².